The number of benzene rings is 1. The lowest BCUT2D eigenvalue weighted by molar-refractivity contribution is 0.0650. The van der Waals surface area contributed by atoms with E-state index in [1.807, 2.05) is 13.8 Å². The zero-order chi connectivity index (χ0) is 23.9. The van der Waals surface area contributed by atoms with E-state index in [1.54, 1.807) is 6.07 Å². The summed E-state index contributed by atoms with van der Waals surface area (Å²) in [5.41, 5.74) is 3.29. The predicted molar refractivity (Wildman–Crippen MR) is 133 cm³/mol. The predicted octanol–water partition coefficient (Wildman–Crippen LogP) is 5.05. The molecular formula is C27H34FN5O2. The van der Waals surface area contributed by atoms with Crippen LogP contribution in [0.15, 0.2) is 16.7 Å². The third-order valence-corrected chi connectivity index (χ3v) is 8.05. The number of pyridine rings is 1. The smallest absolute Gasteiger partial charge is 0.261 e. The van der Waals surface area contributed by atoms with Crippen molar-refractivity contribution in [1.82, 2.24) is 20.4 Å². The van der Waals surface area contributed by atoms with Crippen molar-refractivity contribution in [3.8, 4) is 11.5 Å². The highest BCUT2D eigenvalue weighted by molar-refractivity contribution is 5.93. The van der Waals surface area contributed by atoms with Gasteiger partial charge in [0, 0.05) is 37.2 Å². The SMILES string of the molecule is Cc1noc(-c2c(N3CCC(N[C@H]4CCCOC4)CC3)nc3c(F)cc(C4CCC4)cc3c2C)n1. The molecule has 7 nitrogen and oxygen atoms in total. The van der Waals surface area contributed by atoms with E-state index in [4.69, 9.17) is 14.2 Å². The molecule has 8 heteroatoms. The highest BCUT2D eigenvalue weighted by atomic mass is 19.1. The number of aromatic nitrogens is 3. The highest BCUT2D eigenvalue weighted by Gasteiger charge is 2.29. The van der Waals surface area contributed by atoms with Gasteiger partial charge >= 0.3 is 0 Å². The van der Waals surface area contributed by atoms with E-state index in [9.17, 15) is 0 Å². The van der Waals surface area contributed by atoms with Crippen molar-refractivity contribution in [2.24, 2.45) is 0 Å². The van der Waals surface area contributed by atoms with Gasteiger partial charge in [-0.2, -0.15) is 4.98 Å². The third-order valence-electron chi connectivity index (χ3n) is 8.05. The number of aryl methyl sites for hydroxylation is 2. The van der Waals surface area contributed by atoms with Gasteiger partial charge in [-0.3, -0.25) is 0 Å². The molecule has 2 aromatic heterocycles. The van der Waals surface area contributed by atoms with Crippen molar-refractivity contribution >= 4 is 16.7 Å². The van der Waals surface area contributed by atoms with Crippen LogP contribution in [-0.2, 0) is 4.74 Å². The van der Waals surface area contributed by atoms with Crippen LogP contribution in [0.5, 0.6) is 0 Å². The van der Waals surface area contributed by atoms with Gasteiger partial charge in [-0.05, 0) is 81.5 Å². The van der Waals surface area contributed by atoms with Crippen LogP contribution in [0.25, 0.3) is 22.4 Å². The van der Waals surface area contributed by atoms with Gasteiger partial charge in [0.2, 0.25) is 0 Å². The van der Waals surface area contributed by atoms with Crippen molar-refractivity contribution in [3.63, 3.8) is 0 Å². The van der Waals surface area contributed by atoms with Gasteiger partial charge in [-0.25, -0.2) is 9.37 Å². The Morgan fingerprint density at radius 1 is 1.00 bits per heavy atom. The maximum atomic E-state index is 15.4. The van der Waals surface area contributed by atoms with Gasteiger partial charge in [0.1, 0.15) is 17.2 Å². The van der Waals surface area contributed by atoms with Crippen LogP contribution in [0.3, 0.4) is 0 Å². The minimum atomic E-state index is -0.240. The number of anilines is 1. The Balaban J connectivity index is 1.34. The Kier molecular flexibility index (Phi) is 6.18. The van der Waals surface area contributed by atoms with Crippen LogP contribution in [0, 0.1) is 19.7 Å². The van der Waals surface area contributed by atoms with Crippen molar-refractivity contribution in [2.45, 2.75) is 76.8 Å². The monoisotopic (exact) mass is 479 g/mol. The van der Waals surface area contributed by atoms with Gasteiger partial charge in [0.15, 0.2) is 5.82 Å². The molecule has 2 saturated heterocycles. The molecule has 6 rings (SSSR count). The number of fused-ring (bicyclic) bond motifs is 1. The second kappa shape index (κ2) is 9.47. The third kappa shape index (κ3) is 4.42. The second-order valence-corrected chi connectivity index (χ2v) is 10.5. The van der Waals surface area contributed by atoms with Crippen LogP contribution < -0.4 is 10.2 Å². The number of nitrogens with zero attached hydrogens (tertiary/aromatic N) is 4. The summed E-state index contributed by atoms with van der Waals surface area (Å²) in [6.07, 6.45) is 7.77. The Labute approximate surface area is 205 Å². The maximum Gasteiger partial charge on any atom is 0.261 e. The molecule has 3 aliphatic rings. The quantitative estimate of drug-likeness (QED) is 0.549. The van der Waals surface area contributed by atoms with E-state index >= 15 is 4.39 Å². The Hall–Kier alpha value is -2.58. The van der Waals surface area contributed by atoms with Crippen LogP contribution in [0.4, 0.5) is 10.2 Å². The number of hydrogen-bond acceptors (Lipinski definition) is 7. The zero-order valence-electron chi connectivity index (χ0n) is 20.6. The molecule has 1 saturated carbocycles. The number of halogens is 1. The molecule has 3 fully saturated rings. The molecule has 2 aliphatic heterocycles. The molecule has 35 heavy (non-hydrogen) atoms. The standard InChI is InChI=1S/C27H34FN5O2/c1-16-22-13-19(18-5-3-6-18)14-23(28)25(22)31-26(24(16)27-29-17(2)32-35-27)33-10-8-20(9-11-33)30-21-7-4-12-34-15-21/h13-14,18,20-21,30H,3-12,15H2,1-2H3/t21-/m0/s1. The van der Waals surface area contributed by atoms with Crippen molar-refractivity contribution < 1.29 is 13.7 Å². The van der Waals surface area contributed by atoms with Gasteiger partial charge in [-0.15, -0.1) is 0 Å². The number of nitrogens with one attached hydrogen (secondary N) is 1. The van der Waals surface area contributed by atoms with Crippen LogP contribution in [0.2, 0.25) is 0 Å². The summed E-state index contributed by atoms with van der Waals surface area (Å²) in [6.45, 7) is 7.20. The lowest BCUT2D eigenvalue weighted by Gasteiger charge is -2.37. The van der Waals surface area contributed by atoms with Crippen molar-refractivity contribution in [1.29, 1.82) is 0 Å². The van der Waals surface area contributed by atoms with Crippen LogP contribution in [-0.4, -0.2) is 53.5 Å². The fourth-order valence-corrected chi connectivity index (χ4v) is 5.81. The fourth-order valence-electron chi connectivity index (χ4n) is 5.81. The molecule has 0 radical (unpaired) electrons. The summed E-state index contributed by atoms with van der Waals surface area (Å²) in [4.78, 5) is 11.7. The number of hydrogen-bond donors (Lipinski definition) is 1. The molecule has 4 heterocycles. The van der Waals surface area contributed by atoms with Gasteiger partial charge in [-0.1, -0.05) is 11.6 Å². The van der Waals surface area contributed by atoms with E-state index in [0.29, 0.717) is 35.2 Å². The largest absolute Gasteiger partial charge is 0.380 e. The molecule has 1 aliphatic carbocycles. The summed E-state index contributed by atoms with van der Waals surface area (Å²) in [7, 11) is 0. The first-order valence-electron chi connectivity index (χ1n) is 13.1. The molecule has 1 atom stereocenters. The second-order valence-electron chi connectivity index (χ2n) is 10.5. The average molecular weight is 480 g/mol. The first-order chi connectivity index (χ1) is 17.1. The first kappa shape index (κ1) is 22.9. The summed E-state index contributed by atoms with van der Waals surface area (Å²) in [5.74, 6) is 1.99. The molecular weight excluding hydrogens is 445 g/mol. The number of ether oxygens (including phenoxy) is 1. The van der Waals surface area contributed by atoms with Gasteiger partial charge in [0.25, 0.3) is 5.89 Å². The molecule has 186 valence electrons. The lowest BCUT2D eigenvalue weighted by atomic mass is 9.79. The lowest BCUT2D eigenvalue weighted by Crippen LogP contribution is -2.48. The van der Waals surface area contributed by atoms with E-state index in [2.05, 4.69) is 26.4 Å². The van der Waals surface area contributed by atoms with E-state index in [-0.39, 0.29) is 5.82 Å². The van der Waals surface area contributed by atoms with E-state index in [0.717, 1.165) is 86.3 Å². The average Bonchev–Trinajstić information content (AvgIpc) is 3.25. The van der Waals surface area contributed by atoms with E-state index < -0.39 is 0 Å². The zero-order valence-corrected chi connectivity index (χ0v) is 20.6. The molecule has 0 bridgehead atoms. The Bertz CT molecular complexity index is 1210. The van der Waals surface area contributed by atoms with Crippen LogP contribution in [0.1, 0.15) is 67.8 Å². The first-order valence-corrected chi connectivity index (χ1v) is 13.1. The molecule has 1 N–H and O–H groups in total. The Morgan fingerprint density at radius 3 is 2.49 bits per heavy atom. The molecule has 0 spiro atoms. The molecule has 0 unspecified atom stereocenters. The van der Waals surface area contributed by atoms with Crippen molar-refractivity contribution in [2.75, 3.05) is 31.2 Å². The maximum absolute atomic E-state index is 15.4. The molecule has 1 aromatic carbocycles. The number of rotatable bonds is 5. The highest BCUT2D eigenvalue weighted by Crippen LogP contribution is 2.41. The van der Waals surface area contributed by atoms with Crippen LogP contribution >= 0.6 is 0 Å². The summed E-state index contributed by atoms with van der Waals surface area (Å²) >= 11 is 0. The molecule has 3 aromatic rings. The summed E-state index contributed by atoms with van der Waals surface area (Å²) < 4.78 is 26.7. The Morgan fingerprint density at radius 2 is 1.83 bits per heavy atom. The van der Waals surface area contributed by atoms with Gasteiger partial charge < -0.3 is 19.5 Å². The number of piperidine rings is 1. The normalized spacial score (nSPS) is 22.0. The summed E-state index contributed by atoms with van der Waals surface area (Å²) in [6, 6.07) is 4.72. The minimum absolute atomic E-state index is 0.240. The summed E-state index contributed by atoms with van der Waals surface area (Å²) in [5, 5.41) is 8.66. The topological polar surface area (TPSA) is 76.3 Å². The fraction of sp³-hybridized carbons (Fsp3) is 0.593. The minimum Gasteiger partial charge on any atom is -0.380 e. The van der Waals surface area contributed by atoms with Crippen molar-refractivity contribution in [3.05, 3.63) is 34.9 Å². The van der Waals surface area contributed by atoms with Gasteiger partial charge in [0.05, 0.1) is 12.2 Å². The van der Waals surface area contributed by atoms with E-state index in [1.165, 1.54) is 12.8 Å². The molecule has 0 amide bonds.